The molecule has 0 aromatic heterocycles. The Balaban J connectivity index is 4.03. The zero-order valence-corrected chi connectivity index (χ0v) is 41.9. The van der Waals surface area contributed by atoms with Crippen molar-refractivity contribution in [3.63, 3.8) is 0 Å². The normalized spacial score (nSPS) is 12.0. The summed E-state index contributed by atoms with van der Waals surface area (Å²) in [5, 5.41) is 0. The second-order valence-corrected chi connectivity index (χ2v) is 18.9. The van der Waals surface area contributed by atoms with E-state index in [9.17, 15) is 14.4 Å². The topological polar surface area (TPSA) is 78.9 Å². The Labute approximate surface area is 386 Å². The standard InChI is InChI=1S/C56H106O6/c1-4-7-10-13-16-18-20-22-23-24-25-26-27-28-29-30-31-32-33-35-36-38-40-43-46-49-55(58)61-52-53(51-60-54(57)48-45-42-15-12-9-6-3)62-56(59)50-47-44-41-39-37-34-21-19-17-14-11-8-5-2/h24-25,53H,4-23,26-52H2,1-3H3/b25-24-. The van der Waals surface area contributed by atoms with Crippen LogP contribution < -0.4 is 0 Å². The predicted octanol–water partition coefficient (Wildman–Crippen LogP) is 18.2. The molecule has 0 fully saturated rings. The average molecular weight is 875 g/mol. The van der Waals surface area contributed by atoms with E-state index >= 15 is 0 Å². The summed E-state index contributed by atoms with van der Waals surface area (Å²) < 4.78 is 16.7. The molecule has 6 heteroatoms. The van der Waals surface area contributed by atoms with Crippen molar-refractivity contribution in [3.8, 4) is 0 Å². The third kappa shape index (κ3) is 49.2. The van der Waals surface area contributed by atoms with Crippen LogP contribution in [0.2, 0.25) is 0 Å². The molecular weight excluding hydrogens is 769 g/mol. The first-order chi connectivity index (χ1) is 30.5. The molecule has 62 heavy (non-hydrogen) atoms. The van der Waals surface area contributed by atoms with Crippen molar-refractivity contribution >= 4 is 17.9 Å². The number of hydrogen-bond donors (Lipinski definition) is 0. The highest BCUT2D eigenvalue weighted by molar-refractivity contribution is 5.71. The van der Waals surface area contributed by atoms with Gasteiger partial charge in [0.25, 0.3) is 0 Å². The van der Waals surface area contributed by atoms with Crippen molar-refractivity contribution < 1.29 is 28.6 Å². The molecule has 0 saturated heterocycles. The summed E-state index contributed by atoms with van der Waals surface area (Å²) in [6, 6.07) is 0. The number of esters is 3. The Morgan fingerprint density at radius 2 is 0.532 bits per heavy atom. The third-order valence-corrected chi connectivity index (χ3v) is 12.5. The van der Waals surface area contributed by atoms with Gasteiger partial charge in [-0.15, -0.1) is 0 Å². The Morgan fingerprint density at radius 1 is 0.306 bits per heavy atom. The van der Waals surface area contributed by atoms with E-state index in [1.165, 1.54) is 212 Å². The zero-order chi connectivity index (χ0) is 45.1. The highest BCUT2D eigenvalue weighted by Crippen LogP contribution is 2.17. The minimum Gasteiger partial charge on any atom is -0.462 e. The molecule has 0 amide bonds. The van der Waals surface area contributed by atoms with Crippen molar-refractivity contribution in [2.75, 3.05) is 13.2 Å². The lowest BCUT2D eigenvalue weighted by Crippen LogP contribution is -2.30. The highest BCUT2D eigenvalue weighted by Gasteiger charge is 2.19. The summed E-state index contributed by atoms with van der Waals surface area (Å²) in [4.78, 5) is 37.7. The van der Waals surface area contributed by atoms with Crippen LogP contribution in [0.25, 0.3) is 0 Å². The van der Waals surface area contributed by atoms with Crippen LogP contribution in [-0.2, 0) is 28.6 Å². The second-order valence-electron chi connectivity index (χ2n) is 18.9. The second kappa shape index (κ2) is 51.8. The Kier molecular flexibility index (Phi) is 50.2. The first kappa shape index (κ1) is 60.2. The van der Waals surface area contributed by atoms with Gasteiger partial charge in [-0.2, -0.15) is 0 Å². The van der Waals surface area contributed by atoms with E-state index in [1.807, 2.05) is 0 Å². The lowest BCUT2D eigenvalue weighted by Gasteiger charge is -2.18. The molecule has 0 aliphatic heterocycles. The summed E-state index contributed by atoms with van der Waals surface area (Å²) in [5.41, 5.74) is 0. The summed E-state index contributed by atoms with van der Waals surface area (Å²) in [7, 11) is 0. The van der Waals surface area contributed by atoms with Gasteiger partial charge >= 0.3 is 17.9 Å². The molecule has 0 radical (unpaired) electrons. The maximum atomic E-state index is 12.7. The SMILES string of the molecule is CCCCCCCCCC/C=C\CCCCCCCCCCCCCCCC(=O)OCC(COC(=O)CCCCCCCC)OC(=O)CCCCCCCCCCCCCCC. The maximum Gasteiger partial charge on any atom is 0.306 e. The van der Waals surface area contributed by atoms with Gasteiger partial charge in [-0.1, -0.05) is 258 Å². The van der Waals surface area contributed by atoms with Crippen LogP contribution in [0.3, 0.4) is 0 Å². The molecule has 0 aromatic carbocycles. The quantitative estimate of drug-likeness (QED) is 0.0262. The van der Waals surface area contributed by atoms with E-state index < -0.39 is 6.10 Å². The Bertz CT molecular complexity index is 962. The Morgan fingerprint density at radius 3 is 0.806 bits per heavy atom. The largest absolute Gasteiger partial charge is 0.462 e. The fourth-order valence-electron chi connectivity index (χ4n) is 8.32. The fourth-order valence-corrected chi connectivity index (χ4v) is 8.32. The van der Waals surface area contributed by atoms with Crippen molar-refractivity contribution in [1.82, 2.24) is 0 Å². The van der Waals surface area contributed by atoms with Crippen LogP contribution in [0.5, 0.6) is 0 Å². The molecule has 0 bridgehead atoms. The maximum absolute atomic E-state index is 12.7. The third-order valence-electron chi connectivity index (χ3n) is 12.5. The molecule has 0 aromatic rings. The minimum absolute atomic E-state index is 0.0652. The number of hydrogen-bond acceptors (Lipinski definition) is 6. The average Bonchev–Trinajstić information content (AvgIpc) is 3.27. The van der Waals surface area contributed by atoms with Crippen LogP contribution in [0.1, 0.15) is 310 Å². The summed E-state index contributed by atoms with van der Waals surface area (Å²) >= 11 is 0. The monoisotopic (exact) mass is 875 g/mol. The predicted molar refractivity (Wildman–Crippen MR) is 266 cm³/mol. The van der Waals surface area contributed by atoms with Crippen molar-refractivity contribution in [3.05, 3.63) is 12.2 Å². The molecule has 0 spiro atoms. The van der Waals surface area contributed by atoms with Crippen LogP contribution in [-0.4, -0.2) is 37.2 Å². The highest BCUT2D eigenvalue weighted by atomic mass is 16.6. The van der Waals surface area contributed by atoms with Crippen LogP contribution in [0.15, 0.2) is 12.2 Å². The first-order valence-corrected chi connectivity index (χ1v) is 27.7. The summed E-state index contributed by atoms with van der Waals surface area (Å²) in [6.45, 7) is 6.62. The first-order valence-electron chi connectivity index (χ1n) is 27.7. The van der Waals surface area contributed by atoms with Crippen molar-refractivity contribution in [1.29, 1.82) is 0 Å². The van der Waals surface area contributed by atoms with Crippen LogP contribution >= 0.6 is 0 Å². The van der Waals surface area contributed by atoms with Crippen LogP contribution in [0, 0.1) is 0 Å². The van der Waals surface area contributed by atoms with Gasteiger partial charge in [-0.25, -0.2) is 0 Å². The molecule has 0 N–H and O–H groups in total. The molecule has 0 aliphatic rings. The Hall–Kier alpha value is -1.85. The van der Waals surface area contributed by atoms with E-state index in [0.717, 1.165) is 57.8 Å². The van der Waals surface area contributed by atoms with Gasteiger partial charge in [0.05, 0.1) is 0 Å². The lowest BCUT2D eigenvalue weighted by atomic mass is 10.0. The van der Waals surface area contributed by atoms with Gasteiger partial charge in [-0.3, -0.25) is 14.4 Å². The van der Waals surface area contributed by atoms with E-state index in [-0.39, 0.29) is 31.1 Å². The molecule has 0 saturated carbocycles. The molecule has 1 atom stereocenters. The molecular formula is C56H106O6. The molecule has 0 heterocycles. The number of carbonyl (C=O) groups excluding carboxylic acids is 3. The molecule has 1 unspecified atom stereocenters. The van der Waals surface area contributed by atoms with E-state index in [1.54, 1.807) is 0 Å². The summed E-state index contributed by atoms with van der Waals surface area (Å²) in [5.74, 6) is -0.858. The number of ether oxygens (including phenoxy) is 3. The molecule has 366 valence electrons. The van der Waals surface area contributed by atoms with Gasteiger partial charge in [0, 0.05) is 19.3 Å². The number of unbranched alkanes of at least 4 members (excludes halogenated alkanes) is 38. The lowest BCUT2D eigenvalue weighted by molar-refractivity contribution is -0.167. The molecule has 0 aliphatic carbocycles. The van der Waals surface area contributed by atoms with Gasteiger partial charge in [-0.05, 0) is 44.9 Å². The number of carbonyl (C=O) groups is 3. The zero-order valence-electron chi connectivity index (χ0n) is 41.9. The number of allylic oxidation sites excluding steroid dienone is 2. The number of rotatable bonds is 51. The van der Waals surface area contributed by atoms with Crippen molar-refractivity contribution in [2.45, 2.75) is 316 Å². The molecule has 6 nitrogen and oxygen atoms in total. The molecule has 0 rings (SSSR count). The van der Waals surface area contributed by atoms with E-state index in [2.05, 4.69) is 32.9 Å². The summed E-state index contributed by atoms with van der Waals surface area (Å²) in [6.07, 6.45) is 58.1. The van der Waals surface area contributed by atoms with Gasteiger partial charge < -0.3 is 14.2 Å². The minimum atomic E-state index is -0.761. The van der Waals surface area contributed by atoms with Gasteiger partial charge in [0.15, 0.2) is 6.10 Å². The van der Waals surface area contributed by atoms with E-state index in [4.69, 9.17) is 14.2 Å². The fraction of sp³-hybridized carbons (Fsp3) is 0.911. The van der Waals surface area contributed by atoms with Crippen LogP contribution in [0.4, 0.5) is 0 Å². The smallest absolute Gasteiger partial charge is 0.306 e. The van der Waals surface area contributed by atoms with Crippen molar-refractivity contribution in [2.24, 2.45) is 0 Å². The van der Waals surface area contributed by atoms with E-state index in [0.29, 0.717) is 19.3 Å². The van der Waals surface area contributed by atoms with Gasteiger partial charge in [0.1, 0.15) is 13.2 Å². The van der Waals surface area contributed by atoms with Gasteiger partial charge in [0.2, 0.25) is 0 Å².